The fraction of sp³-hybridized carbons (Fsp3) is 0.588. The number of methoxy groups -OCH3 is 1. The summed E-state index contributed by atoms with van der Waals surface area (Å²) in [6.07, 6.45) is 0.264. The first-order valence-corrected chi connectivity index (χ1v) is 7.68. The van der Waals surface area contributed by atoms with E-state index < -0.39 is 0 Å². The second-order valence-electron chi connectivity index (χ2n) is 5.56. The molecule has 0 bridgehead atoms. The molecule has 0 aliphatic carbocycles. The van der Waals surface area contributed by atoms with Crippen LogP contribution in [0.25, 0.3) is 0 Å². The van der Waals surface area contributed by atoms with E-state index in [1.54, 1.807) is 14.0 Å². The highest BCUT2D eigenvalue weighted by Gasteiger charge is 2.18. The molecule has 5 nitrogen and oxygen atoms in total. The second kappa shape index (κ2) is 11.1. The van der Waals surface area contributed by atoms with Crippen LogP contribution in [-0.2, 0) is 9.53 Å². The number of hydrogen-bond donors (Lipinski definition) is 1. The molecule has 132 valence electrons. The standard InChI is InChI=1S/C17H27NO4.ClH/c1-5-21-17(19)9-14(10-18)13-6-7-15(20-4)16(8-13)22-11-12(2)3;/h6-8,12,14H,5,9-11,18H2,1-4H3;1H. The first-order valence-electron chi connectivity index (χ1n) is 7.68. The van der Waals surface area contributed by atoms with Crippen molar-refractivity contribution in [3.63, 3.8) is 0 Å². The highest BCUT2D eigenvalue weighted by molar-refractivity contribution is 5.85. The smallest absolute Gasteiger partial charge is 0.306 e. The van der Waals surface area contributed by atoms with Gasteiger partial charge in [0.2, 0.25) is 0 Å². The van der Waals surface area contributed by atoms with Crippen molar-refractivity contribution in [2.45, 2.75) is 33.1 Å². The summed E-state index contributed by atoms with van der Waals surface area (Å²) in [6, 6.07) is 5.66. The zero-order valence-electron chi connectivity index (χ0n) is 14.3. The molecule has 0 heterocycles. The van der Waals surface area contributed by atoms with E-state index in [2.05, 4.69) is 13.8 Å². The maximum atomic E-state index is 11.7. The second-order valence-corrected chi connectivity index (χ2v) is 5.56. The van der Waals surface area contributed by atoms with Crippen molar-refractivity contribution in [1.29, 1.82) is 0 Å². The summed E-state index contributed by atoms with van der Waals surface area (Å²) in [6.45, 7) is 7.31. The molecule has 0 aromatic heterocycles. The van der Waals surface area contributed by atoms with Crippen LogP contribution in [-0.4, -0.2) is 32.8 Å². The van der Waals surface area contributed by atoms with Crippen LogP contribution < -0.4 is 15.2 Å². The Morgan fingerprint density at radius 2 is 1.96 bits per heavy atom. The topological polar surface area (TPSA) is 70.8 Å². The van der Waals surface area contributed by atoms with Gasteiger partial charge in [-0.2, -0.15) is 0 Å². The van der Waals surface area contributed by atoms with E-state index in [1.807, 2.05) is 18.2 Å². The Kier molecular flexibility index (Phi) is 10.4. The highest BCUT2D eigenvalue weighted by Crippen LogP contribution is 2.32. The Balaban J connectivity index is 0.00000484. The lowest BCUT2D eigenvalue weighted by molar-refractivity contribution is -0.143. The maximum Gasteiger partial charge on any atom is 0.306 e. The van der Waals surface area contributed by atoms with E-state index in [4.69, 9.17) is 19.9 Å². The lowest BCUT2D eigenvalue weighted by atomic mass is 9.95. The van der Waals surface area contributed by atoms with Gasteiger partial charge in [0.05, 0.1) is 26.7 Å². The molecule has 1 aromatic rings. The lowest BCUT2D eigenvalue weighted by Gasteiger charge is -2.18. The molecule has 0 aliphatic rings. The molecule has 0 spiro atoms. The normalized spacial score (nSPS) is 11.6. The number of esters is 1. The zero-order valence-corrected chi connectivity index (χ0v) is 15.2. The molecule has 0 fully saturated rings. The van der Waals surface area contributed by atoms with Crippen LogP contribution in [0.5, 0.6) is 11.5 Å². The summed E-state index contributed by atoms with van der Waals surface area (Å²) in [4.78, 5) is 11.7. The summed E-state index contributed by atoms with van der Waals surface area (Å²) in [7, 11) is 1.61. The van der Waals surface area contributed by atoms with Crippen LogP contribution in [0.4, 0.5) is 0 Å². The molecule has 1 atom stereocenters. The Morgan fingerprint density at radius 1 is 1.26 bits per heavy atom. The van der Waals surface area contributed by atoms with Gasteiger partial charge in [0.25, 0.3) is 0 Å². The molecule has 0 saturated heterocycles. The zero-order chi connectivity index (χ0) is 16.5. The molecule has 2 N–H and O–H groups in total. The van der Waals surface area contributed by atoms with Gasteiger partial charge < -0.3 is 19.9 Å². The first kappa shape index (κ1) is 21.5. The van der Waals surface area contributed by atoms with Crippen LogP contribution in [0.3, 0.4) is 0 Å². The predicted molar refractivity (Wildman–Crippen MR) is 93.6 cm³/mol. The number of benzene rings is 1. The summed E-state index contributed by atoms with van der Waals surface area (Å²) in [5, 5.41) is 0. The van der Waals surface area contributed by atoms with E-state index in [9.17, 15) is 4.79 Å². The van der Waals surface area contributed by atoms with Crippen molar-refractivity contribution in [3.05, 3.63) is 23.8 Å². The summed E-state index contributed by atoms with van der Waals surface area (Å²) in [5.74, 6) is 1.44. The maximum absolute atomic E-state index is 11.7. The summed E-state index contributed by atoms with van der Waals surface area (Å²) in [5.41, 5.74) is 6.77. The molecule has 1 aromatic carbocycles. The highest BCUT2D eigenvalue weighted by atomic mass is 35.5. The van der Waals surface area contributed by atoms with Gasteiger partial charge in [-0.25, -0.2) is 0 Å². The van der Waals surface area contributed by atoms with Crippen LogP contribution in [0, 0.1) is 5.92 Å². The van der Waals surface area contributed by atoms with Crippen molar-refractivity contribution in [2.75, 3.05) is 26.9 Å². The quantitative estimate of drug-likeness (QED) is 0.696. The van der Waals surface area contributed by atoms with Crippen molar-refractivity contribution in [2.24, 2.45) is 11.7 Å². The summed E-state index contributed by atoms with van der Waals surface area (Å²) < 4.78 is 16.1. The molecule has 0 aliphatic heterocycles. The monoisotopic (exact) mass is 345 g/mol. The predicted octanol–water partition coefficient (Wildman–Crippen LogP) is 3.15. The number of carbonyl (C=O) groups is 1. The first-order chi connectivity index (χ1) is 10.5. The van der Waals surface area contributed by atoms with Crippen molar-refractivity contribution in [3.8, 4) is 11.5 Å². The molecule has 23 heavy (non-hydrogen) atoms. The van der Waals surface area contributed by atoms with Gasteiger partial charge >= 0.3 is 5.97 Å². The molecule has 0 amide bonds. The Hall–Kier alpha value is -1.46. The third kappa shape index (κ3) is 7.10. The number of rotatable bonds is 9. The van der Waals surface area contributed by atoms with Crippen molar-refractivity contribution >= 4 is 18.4 Å². The minimum Gasteiger partial charge on any atom is -0.493 e. The van der Waals surface area contributed by atoms with Crippen LogP contribution in [0.1, 0.15) is 38.7 Å². The average molecular weight is 346 g/mol. The fourth-order valence-electron chi connectivity index (χ4n) is 2.07. The Bertz CT molecular complexity index is 480. The summed E-state index contributed by atoms with van der Waals surface area (Å²) >= 11 is 0. The van der Waals surface area contributed by atoms with Gasteiger partial charge in [-0.3, -0.25) is 4.79 Å². The molecule has 1 unspecified atom stereocenters. The SMILES string of the molecule is CCOC(=O)CC(CN)c1ccc(OC)c(OCC(C)C)c1.Cl. The number of halogens is 1. The van der Waals surface area contributed by atoms with Gasteiger partial charge in [-0.05, 0) is 37.1 Å². The van der Waals surface area contributed by atoms with Gasteiger partial charge in [0.1, 0.15) is 0 Å². The molecule has 0 saturated carbocycles. The molecule has 6 heteroatoms. The van der Waals surface area contributed by atoms with Crippen LogP contribution >= 0.6 is 12.4 Å². The molecular weight excluding hydrogens is 318 g/mol. The van der Waals surface area contributed by atoms with E-state index in [0.29, 0.717) is 37.2 Å². The van der Waals surface area contributed by atoms with Crippen LogP contribution in [0.2, 0.25) is 0 Å². The van der Waals surface area contributed by atoms with E-state index >= 15 is 0 Å². The lowest BCUT2D eigenvalue weighted by Crippen LogP contribution is -2.18. The Morgan fingerprint density at radius 3 is 2.48 bits per heavy atom. The number of hydrogen-bond acceptors (Lipinski definition) is 5. The van der Waals surface area contributed by atoms with E-state index in [-0.39, 0.29) is 30.7 Å². The number of carbonyl (C=O) groups excluding carboxylic acids is 1. The van der Waals surface area contributed by atoms with Gasteiger partial charge in [0.15, 0.2) is 11.5 Å². The Labute approximate surface area is 144 Å². The molecule has 0 radical (unpaired) electrons. The fourth-order valence-corrected chi connectivity index (χ4v) is 2.07. The molecular formula is C17H28ClNO4. The van der Waals surface area contributed by atoms with E-state index in [1.165, 1.54) is 0 Å². The third-order valence-electron chi connectivity index (χ3n) is 3.23. The minimum absolute atomic E-state index is 0. The number of nitrogens with two attached hydrogens (primary N) is 1. The van der Waals surface area contributed by atoms with Crippen LogP contribution in [0.15, 0.2) is 18.2 Å². The average Bonchev–Trinajstić information content (AvgIpc) is 2.50. The van der Waals surface area contributed by atoms with Crippen molar-refractivity contribution < 1.29 is 19.0 Å². The minimum atomic E-state index is -0.238. The van der Waals surface area contributed by atoms with Crippen molar-refractivity contribution in [1.82, 2.24) is 0 Å². The van der Waals surface area contributed by atoms with Gasteiger partial charge in [0, 0.05) is 5.92 Å². The van der Waals surface area contributed by atoms with E-state index in [0.717, 1.165) is 5.56 Å². The molecule has 1 rings (SSSR count). The largest absolute Gasteiger partial charge is 0.493 e. The van der Waals surface area contributed by atoms with Gasteiger partial charge in [-0.1, -0.05) is 19.9 Å². The third-order valence-corrected chi connectivity index (χ3v) is 3.23. The van der Waals surface area contributed by atoms with Gasteiger partial charge in [-0.15, -0.1) is 12.4 Å². The number of ether oxygens (including phenoxy) is 3.